The van der Waals surface area contributed by atoms with Crippen molar-refractivity contribution in [2.75, 3.05) is 39.9 Å². The highest BCUT2D eigenvalue weighted by Crippen LogP contribution is 2.00. The molecule has 1 N–H and O–H groups in total. The third kappa shape index (κ3) is 8.08. The number of nitrogens with one attached hydrogen (secondary N) is 1. The lowest BCUT2D eigenvalue weighted by atomic mass is 10.2. The van der Waals surface area contributed by atoms with Gasteiger partial charge in [0.2, 0.25) is 0 Å². The Hall–Kier alpha value is -0.120. The second kappa shape index (κ2) is 10.1. The number of likely N-dealkylation sites (N-methyl/N-ethyl adjacent to an activating group) is 1. The molecule has 0 aliphatic rings. The van der Waals surface area contributed by atoms with E-state index >= 15 is 0 Å². The van der Waals surface area contributed by atoms with E-state index in [-0.39, 0.29) is 0 Å². The summed E-state index contributed by atoms with van der Waals surface area (Å²) in [7, 11) is 1.78. The van der Waals surface area contributed by atoms with Crippen molar-refractivity contribution in [2.45, 2.75) is 40.2 Å². The van der Waals surface area contributed by atoms with Crippen LogP contribution in [0.25, 0.3) is 0 Å². The van der Waals surface area contributed by atoms with Crippen LogP contribution in [-0.2, 0) is 4.74 Å². The second-order valence-electron chi connectivity index (χ2n) is 4.85. The van der Waals surface area contributed by atoms with Crippen LogP contribution in [0.5, 0.6) is 0 Å². The minimum Gasteiger partial charge on any atom is -0.383 e. The monoisotopic (exact) mass is 230 g/mol. The normalized spacial score (nSPS) is 13.7. The molecule has 3 nitrogen and oxygen atoms in total. The molecular weight excluding hydrogens is 200 g/mol. The van der Waals surface area contributed by atoms with Crippen LogP contribution >= 0.6 is 0 Å². The molecule has 1 atom stereocenters. The summed E-state index contributed by atoms with van der Waals surface area (Å²) >= 11 is 0. The van der Waals surface area contributed by atoms with Crippen molar-refractivity contribution in [3.8, 4) is 0 Å². The molecule has 0 aromatic carbocycles. The van der Waals surface area contributed by atoms with E-state index in [1.165, 1.54) is 13.0 Å². The minimum absolute atomic E-state index is 0.462. The molecule has 0 amide bonds. The van der Waals surface area contributed by atoms with Crippen LogP contribution in [0, 0.1) is 5.92 Å². The van der Waals surface area contributed by atoms with Gasteiger partial charge in [-0.2, -0.15) is 0 Å². The highest BCUT2D eigenvalue weighted by molar-refractivity contribution is 4.72. The Morgan fingerprint density at radius 1 is 1.19 bits per heavy atom. The van der Waals surface area contributed by atoms with Gasteiger partial charge >= 0.3 is 0 Å². The van der Waals surface area contributed by atoms with E-state index in [1.54, 1.807) is 7.11 Å². The van der Waals surface area contributed by atoms with Crippen LogP contribution in [0.4, 0.5) is 0 Å². The van der Waals surface area contributed by atoms with Crippen LogP contribution in [0.1, 0.15) is 34.1 Å². The van der Waals surface area contributed by atoms with Gasteiger partial charge in [0.15, 0.2) is 0 Å². The van der Waals surface area contributed by atoms with Crippen molar-refractivity contribution >= 4 is 0 Å². The van der Waals surface area contributed by atoms with Crippen molar-refractivity contribution in [3.63, 3.8) is 0 Å². The van der Waals surface area contributed by atoms with Crippen LogP contribution in [-0.4, -0.2) is 50.8 Å². The van der Waals surface area contributed by atoms with Crippen molar-refractivity contribution < 1.29 is 4.74 Å². The molecule has 0 aliphatic carbocycles. The lowest BCUT2D eigenvalue weighted by Crippen LogP contribution is -2.45. The Bertz CT molecular complexity index is 151. The van der Waals surface area contributed by atoms with Gasteiger partial charge in [0, 0.05) is 26.2 Å². The molecule has 0 heterocycles. The molecule has 0 bridgehead atoms. The Morgan fingerprint density at radius 2 is 1.88 bits per heavy atom. The van der Waals surface area contributed by atoms with E-state index in [0.29, 0.717) is 6.04 Å². The summed E-state index contributed by atoms with van der Waals surface area (Å²) in [5.41, 5.74) is 0. The number of rotatable bonds is 10. The summed E-state index contributed by atoms with van der Waals surface area (Å²) < 4.78 is 5.26. The molecule has 16 heavy (non-hydrogen) atoms. The third-order valence-electron chi connectivity index (χ3n) is 2.60. The van der Waals surface area contributed by atoms with Gasteiger partial charge in [0.25, 0.3) is 0 Å². The van der Waals surface area contributed by atoms with Crippen molar-refractivity contribution in [3.05, 3.63) is 0 Å². The number of hydrogen-bond acceptors (Lipinski definition) is 3. The molecule has 0 fully saturated rings. The zero-order valence-corrected chi connectivity index (χ0v) is 11.8. The Morgan fingerprint density at radius 3 is 2.31 bits per heavy atom. The molecular formula is C13H30N2O. The molecule has 0 aromatic heterocycles. The first-order valence-corrected chi connectivity index (χ1v) is 6.58. The Kier molecular flexibility index (Phi) is 9.99. The maximum absolute atomic E-state index is 5.26. The highest BCUT2D eigenvalue weighted by Gasteiger charge is 2.13. The SMILES string of the molecule is CCCNC(COC)CN(CC)CC(C)C. The fraction of sp³-hybridized carbons (Fsp3) is 1.00. The first-order valence-electron chi connectivity index (χ1n) is 6.58. The summed E-state index contributed by atoms with van der Waals surface area (Å²) in [6.07, 6.45) is 1.18. The predicted molar refractivity (Wildman–Crippen MR) is 70.9 cm³/mol. The second-order valence-corrected chi connectivity index (χ2v) is 4.85. The Labute approximate surface area is 102 Å². The average molecular weight is 230 g/mol. The standard InChI is InChI=1S/C13H30N2O/c1-6-8-14-13(11-16-5)10-15(7-2)9-12(3)4/h12-14H,6-11H2,1-5H3. The number of nitrogens with zero attached hydrogens (tertiary/aromatic N) is 1. The van der Waals surface area contributed by atoms with Gasteiger partial charge in [-0.1, -0.05) is 27.7 Å². The van der Waals surface area contributed by atoms with Crippen LogP contribution in [0.15, 0.2) is 0 Å². The summed E-state index contributed by atoms with van der Waals surface area (Å²) in [6, 6.07) is 0.462. The molecule has 0 aromatic rings. The van der Waals surface area contributed by atoms with Gasteiger partial charge in [0.1, 0.15) is 0 Å². The molecule has 0 spiro atoms. The summed E-state index contributed by atoms with van der Waals surface area (Å²) in [5, 5.41) is 3.54. The molecule has 0 aliphatic heterocycles. The number of hydrogen-bond donors (Lipinski definition) is 1. The molecule has 0 rings (SSSR count). The fourth-order valence-corrected chi connectivity index (χ4v) is 1.89. The highest BCUT2D eigenvalue weighted by atomic mass is 16.5. The van der Waals surface area contributed by atoms with Crippen LogP contribution in [0.3, 0.4) is 0 Å². The van der Waals surface area contributed by atoms with Crippen molar-refractivity contribution in [2.24, 2.45) is 5.92 Å². The molecule has 0 saturated heterocycles. The van der Waals surface area contributed by atoms with Crippen LogP contribution in [0.2, 0.25) is 0 Å². The summed E-state index contributed by atoms with van der Waals surface area (Å²) in [4.78, 5) is 2.50. The van der Waals surface area contributed by atoms with Gasteiger partial charge in [0.05, 0.1) is 6.61 Å². The van der Waals surface area contributed by atoms with Gasteiger partial charge in [-0.3, -0.25) is 0 Å². The smallest absolute Gasteiger partial charge is 0.0628 e. The van der Waals surface area contributed by atoms with E-state index in [4.69, 9.17) is 4.74 Å². The first kappa shape index (κ1) is 15.9. The van der Waals surface area contributed by atoms with Crippen LogP contribution < -0.4 is 5.32 Å². The zero-order chi connectivity index (χ0) is 12.4. The Balaban J connectivity index is 4.00. The quantitative estimate of drug-likeness (QED) is 0.621. The first-order chi connectivity index (χ1) is 7.63. The van der Waals surface area contributed by atoms with Gasteiger partial charge in [-0.25, -0.2) is 0 Å². The maximum atomic E-state index is 5.26. The van der Waals surface area contributed by atoms with Gasteiger partial charge in [-0.05, 0) is 25.4 Å². The van der Waals surface area contributed by atoms with Crippen molar-refractivity contribution in [1.29, 1.82) is 0 Å². The molecule has 98 valence electrons. The lowest BCUT2D eigenvalue weighted by molar-refractivity contribution is 0.135. The topological polar surface area (TPSA) is 24.5 Å². The number of methoxy groups -OCH3 is 1. The summed E-state index contributed by atoms with van der Waals surface area (Å²) in [5.74, 6) is 0.731. The zero-order valence-electron chi connectivity index (χ0n) is 11.8. The predicted octanol–water partition coefficient (Wildman–Crippen LogP) is 1.98. The average Bonchev–Trinajstić information content (AvgIpc) is 2.24. The third-order valence-corrected chi connectivity index (χ3v) is 2.60. The van der Waals surface area contributed by atoms with E-state index in [2.05, 4.69) is 37.9 Å². The van der Waals surface area contributed by atoms with E-state index < -0.39 is 0 Å². The van der Waals surface area contributed by atoms with Crippen molar-refractivity contribution in [1.82, 2.24) is 10.2 Å². The van der Waals surface area contributed by atoms with E-state index in [1.807, 2.05) is 0 Å². The molecule has 0 radical (unpaired) electrons. The minimum atomic E-state index is 0.462. The van der Waals surface area contributed by atoms with Gasteiger partial charge < -0.3 is 15.0 Å². The van der Waals surface area contributed by atoms with E-state index in [0.717, 1.165) is 32.2 Å². The molecule has 0 saturated carbocycles. The largest absolute Gasteiger partial charge is 0.383 e. The maximum Gasteiger partial charge on any atom is 0.0628 e. The van der Waals surface area contributed by atoms with Gasteiger partial charge in [-0.15, -0.1) is 0 Å². The summed E-state index contributed by atoms with van der Waals surface area (Å²) in [6.45, 7) is 14.2. The molecule has 1 unspecified atom stereocenters. The lowest BCUT2D eigenvalue weighted by Gasteiger charge is -2.28. The molecule has 3 heteroatoms. The number of ether oxygens (including phenoxy) is 1. The van der Waals surface area contributed by atoms with E-state index in [9.17, 15) is 0 Å². The fourth-order valence-electron chi connectivity index (χ4n) is 1.89.